The molecule has 28 heavy (non-hydrogen) atoms. The largest absolute Gasteiger partial charge is 0.493 e. The Morgan fingerprint density at radius 2 is 1.61 bits per heavy atom. The number of hydrogen-bond donors (Lipinski definition) is 2. The first-order valence-corrected chi connectivity index (χ1v) is 8.76. The van der Waals surface area contributed by atoms with Crippen molar-refractivity contribution in [2.24, 2.45) is 0 Å². The highest BCUT2D eigenvalue weighted by Crippen LogP contribution is 2.43. The molecule has 142 valence electrons. The molecule has 0 saturated carbocycles. The Labute approximate surface area is 162 Å². The first kappa shape index (κ1) is 17.7. The van der Waals surface area contributed by atoms with Crippen molar-refractivity contribution >= 4 is 33.3 Å². The fourth-order valence-corrected chi connectivity index (χ4v) is 3.34. The molecular weight excluding hydrogens is 356 g/mol. The zero-order valence-corrected chi connectivity index (χ0v) is 15.8. The molecule has 0 saturated heterocycles. The van der Waals surface area contributed by atoms with Gasteiger partial charge in [-0.2, -0.15) is 0 Å². The van der Waals surface area contributed by atoms with Crippen LogP contribution < -0.4 is 19.5 Å². The lowest BCUT2D eigenvalue weighted by atomic mass is 10.1. The Hall–Kier alpha value is -3.67. The van der Waals surface area contributed by atoms with Crippen LogP contribution in [0.25, 0.3) is 21.7 Å². The van der Waals surface area contributed by atoms with E-state index in [4.69, 9.17) is 14.2 Å². The van der Waals surface area contributed by atoms with Gasteiger partial charge in [0.05, 0.1) is 26.8 Å². The van der Waals surface area contributed by atoms with E-state index in [-0.39, 0.29) is 5.91 Å². The van der Waals surface area contributed by atoms with Gasteiger partial charge >= 0.3 is 0 Å². The van der Waals surface area contributed by atoms with Gasteiger partial charge < -0.3 is 24.5 Å². The van der Waals surface area contributed by atoms with E-state index in [2.05, 4.69) is 10.3 Å². The molecule has 0 aliphatic rings. The normalized spacial score (nSPS) is 10.8. The summed E-state index contributed by atoms with van der Waals surface area (Å²) in [6.07, 6.45) is 0. The van der Waals surface area contributed by atoms with Gasteiger partial charge in [0.15, 0.2) is 11.5 Å². The number of fused-ring (bicyclic) bond motifs is 2. The van der Waals surface area contributed by atoms with Gasteiger partial charge in [-0.25, -0.2) is 0 Å². The zero-order chi connectivity index (χ0) is 19.7. The van der Waals surface area contributed by atoms with Crippen molar-refractivity contribution in [2.45, 2.75) is 0 Å². The number of anilines is 1. The van der Waals surface area contributed by atoms with Crippen molar-refractivity contribution in [1.82, 2.24) is 4.98 Å². The van der Waals surface area contributed by atoms with E-state index < -0.39 is 0 Å². The van der Waals surface area contributed by atoms with Crippen molar-refractivity contribution in [3.8, 4) is 17.2 Å². The summed E-state index contributed by atoms with van der Waals surface area (Å²) in [5.41, 5.74) is 1.86. The summed E-state index contributed by atoms with van der Waals surface area (Å²) in [4.78, 5) is 15.9. The third-order valence-electron chi connectivity index (χ3n) is 4.68. The van der Waals surface area contributed by atoms with E-state index in [0.717, 1.165) is 27.4 Å². The lowest BCUT2D eigenvalue weighted by Crippen LogP contribution is -2.12. The van der Waals surface area contributed by atoms with Crippen LogP contribution in [0.5, 0.6) is 17.2 Å². The molecule has 0 unspecified atom stereocenters. The van der Waals surface area contributed by atoms with Crippen LogP contribution in [0.4, 0.5) is 5.69 Å². The minimum Gasteiger partial charge on any atom is -0.493 e. The van der Waals surface area contributed by atoms with E-state index >= 15 is 0 Å². The van der Waals surface area contributed by atoms with Crippen molar-refractivity contribution in [3.05, 3.63) is 60.3 Å². The smallest absolute Gasteiger partial charge is 0.272 e. The summed E-state index contributed by atoms with van der Waals surface area (Å²) in [7, 11) is 4.66. The molecular formula is C22H20N2O4. The highest BCUT2D eigenvalue weighted by Gasteiger charge is 2.19. The first-order valence-electron chi connectivity index (χ1n) is 8.76. The second-order valence-electron chi connectivity index (χ2n) is 6.31. The number of benzene rings is 3. The number of aromatic amines is 1. The topological polar surface area (TPSA) is 72.6 Å². The Bertz CT molecular complexity index is 1180. The Morgan fingerprint density at radius 1 is 0.857 bits per heavy atom. The van der Waals surface area contributed by atoms with Crippen LogP contribution in [0.2, 0.25) is 0 Å². The summed E-state index contributed by atoms with van der Waals surface area (Å²) < 4.78 is 16.3. The number of rotatable bonds is 5. The van der Waals surface area contributed by atoms with Crippen LogP contribution in [0.1, 0.15) is 10.5 Å². The minimum absolute atomic E-state index is 0.244. The number of ether oxygens (including phenoxy) is 3. The first-order chi connectivity index (χ1) is 13.6. The molecule has 2 N–H and O–H groups in total. The Morgan fingerprint density at radius 3 is 2.32 bits per heavy atom. The second-order valence-corrected chi connectivity index (χ2v) is 6.31. The molecule has 0 radical (unpaired) electrons. The van der Waals surface area contributed by atoms with E-state index in [1.807, 2.05) is 42.5 Å². The molecule has 6 nitrogen and oxygen atoms in total. The molecule has 3 aromatic carbocycles. The van der Waals surface area contributed by atoms with Crippen molar-refractivity contribution < 1.29 is 19.0 Å². The average molecular weight is 376 g/mol. The maximum absolute atomic E-state index is 12.8. The zero-order valence-electron chi connectivity index (χ0n) is 15.8. The standard InChI is InChI=1S/C22H20N2O4/c1-26-19-12-17-16(20(27-2)21(19)28-3)11-18(24-17)22(25)23-15-9-8-13-6-4-5-7-14(13)10-15/h4-12,24H,1-3H3,(H,23,25). The summed E-state index contributed by atoms with van der Waals surface area (Å²) >= 11 is 0. The lowest BCUT2D eigenvalue weighted by Gasteiger charge is -2.12. The number of hydrogen-bond acceptors (Lipinski definition) is 4. The lowest BCUT2D eigenvalue weighted by molar-refractivity contribution is 0.102. The quantitative estimate of drug-likeness (QED) is 0.534. The predicted molar refractivity (Wildman–Crippen MR) is 110 cm³/mol. The van der Waals surface area contributed by atoms with Crippen LogP contribution in [-0.2, 0) is 0 Å². The van der Waals surface area contributed by atoms with E-state index in [1.165, 1.54) is 0 Å². The number of amides is 1. The number of H-pyrrole nitrogens is 1. The van der Waals surface area contributed by atoms with Gasteiger partial charge in [-0.1, -0.05) is 30.3 Å². The molecule has 0 spiro atoms. The maximum atomic E-state index is 12.8. The Kier molecular flexibility index (Phi) is 4.53. The molecule has 0 bridgehead atoms. The number of aromatic nitrogens is 1. The highest BCUT2D eigenvalue weighted by atomic mass is 16.5. The SMILES string of the molecule is COc1cc2[nH]c(C(=O)Nc3ccc4ccccc4c3)cc2c(OC)c1OC. The predicted octanol–water partition coefficient (Wildman–Crippen LogP) is 4.60. The van der Waals surface area contributed by atoms with Crippen LogP contribution in [0, 0.1) is 0 Å². The number of carbonyl (C=O) groups excluding carboxylic acids is 1. The van der Waals surface area contributed by atoms with E-state index in [9.17, 15) is 4.79 Å². The molecule has 1 heterocycles. The van der Waals surface area contributed by atoms with Gasteiger partial charge in [-0.15, -0.1) is 0 Å². The molecule has 6 heteroatoms. The number of carbonyl (C=O) groups is 1. The summed E-state index contributed by atoms with van der Waals surface area (Å²) in [6.45, 7) is 0. The van der Waals surface area contributed by atoms with Crippen molar-refractivity contribution in [3.63, 3.8) is 0 Å². The highest BCUT2D eigenvalue weighted by molar-refractivity contribution is 6.08. The van der Waals surface area contributed by atoms with Gasteiger partial charge in [0.1, 0.15) is 5.69 Å². The van der Waals surface area contributed by atoms with Crippen LogP contribution in [0.3, 0.4) is 0 Å². The number of methoxy groups -OCH3 is 3. The van der Waals surface area contributed by atoms with E-state index in [1.54, 1.807) is 33.5 Å². The van der Waals surface area contributed by atoms with Gasteiger partial charge in [0, 0.05) is 17.1 Å². The third-order valence-corrected chi connectivity index (χ3v) is 4.68. The van der Waals surface area contributed by atoms with Crippen LogP contribution in [0.15, 0.2) is 54.6 Å². The second kappa shape index (κ2) is 7.15. The summed E-state index contributed by atoms with van der Waals surface area (Å²) in [5, 5.41) is 5.86. The third kappa shape index (κ3) is 2.99. The molecule has 4 aromatic rings. The van der Waals surface area contributed by atoms with Crippen LogP contribution in [-0.4, -0.2) is 32.2 Å². The molecule has 1 amide bonds. The monoisotopic (exact) mass is 376 g/mol. The maximum Gasteiger partial charge on any atom is 0.272 e. The van der Waals surface area contributed by atoms with Crippen molar-refractivity contribution in [2.75, 3.05) is 26.6 Å². The van der Waals surface area contributed by atoms with Crippen LogP contribution >= 0.6 is 0 Å². The molecule has 0 fully saturated rings. The molecule has 0 atom stereocenters. The van der Waals surface area contributed by atoms with Gasteiger partial charge in [0.25, 0.3) is 5.91 Å². The number of nitrogens with one attached hydrogen (secondary N) is 2. The molecule has 0 aliphatic carbocycles. The van der Waals surface area contributed by atoms with Gasteiger partial charge in [-0.05, 0) is 29.0 Å². The van der Waals surface area contributed by atoms with Crippen molar-refractivity contribution in [1.29, 1.82) is 0 Å². The fraction of sp³-hybridized carbons (Fsp3) is 0.136. The van der Waals surface area contributed by atoms with Gasteiger partial charge in [0.2, 0.25) is 5.75 Å². The van der Waals surface area contributed by atoms with E-state index in [0.29, 0.717) is 22.9 Å². The molecule has 4 rings (SSSR count). The fourth-order valence-electron chi connectivity index (χ4n) is 3.34. The Balaban J connectivity index is 1.70. The molecule has 0 aliphatic heterocycles. The summed E-state index contributed by atoms with van der Waals surface area (Å²) in [6, 6.07) is 17.3. The average Bonchev–Trinajstić information content (AvgIpc) is 3.16. The minimum atomic E-state index is -0.244. The molecule has 1 aromatic heterocycles. The summed E-state index contributed by atoms with van der Waals surface area (Å²) in [5.74, 6) is 1.28. The van der Waals surface area contributed by atoms with Gasteiger partial charge in [-0.3, -0.25) is 4.79 Å².